The molecule has 1 aromatic carbocycles. The predicted molar refractivity (Wildman–Crippen MR) is 80.1 cm³/mol. The number of hydrogen-bond acceptors (Lipinski definition) is 2. The fourth-order valence-corrected chi connectivity index (χ4v) is 2.83. The fourth-order valence-electron chi connectivity index (χ4n) is 2.31. The Hall–Kier alpha value is -1.23. The Bertz CT molecular complexity index is 669. The molecule has 0 bridgehead atoms. The Balaban J connectivity index is 2.25. The highest BCUT2D eigenvalue weighted by atomic mass is 79.9. The lowest BCUT2D eigenvalue weighted by atomic mass is 10.1. The van der Waals surface area contributed by atoms with Gasteiger partial charge in [-0.1, -0.05) is 6.92 Å². The molecule has 1 aromatic heterocycles. The third-order valence-corrected chi connectivity index (χ3v) is 4.28. The standard InChI is InChI=1S/C15H15BrF2N2/c1-2-5-19-12-7-11(8-3-4-8)20-15-10(18)6-9(17)14(16)13(12)15/h6-8H,2-5H2,1H3,(H,19,20). The molecule has 5 heteroatoms. The lowest BCUT2D eigenvalue weighted by Gasteiger charge is -2.13. The van der Waals surface area contributed by atoms with Gasteiger partial charge in [0, 0.05) is 35.3 Å². The highest BCUT2D eigenvalue weighted by Gasteiger charge is 2.27. The van der Waals surface area contributed by atoms with Crippen molar-refractivity contribution in [3.63, 3.8) is 0 Å². The topological polar surface area (TPSA) is 24.9 Å². The summed E-state index contributed by atoms with van der Waals surface area (Å²) in [7, 11) is 0. The van der Waals surface area contributed by atoms with Gasteiger partial charge in [-0.3, -0.25) is 0 Å². The molecule has 1 saturated carbocycles. The van der Waals surface area contributed by atoms with Crippen molar-refractivity contribution in [1.82, 2.24) is 4.98 Å². The number of benzene rings is 1. The molecule has 1 aliphatic carbocycles. The zero-order chi connectivity index (χ0) is 14.3. The van der Waals surface area contributed by atoms with Gasteiger partial charge in [-0.05, 0) is 41.3 Å². The van der Waals surface area contributed by atoms with Gasteiger partial charge in [0.25, 0.3) is 0 Å². The number of nitrogens with one attached hydrogen (secondary N) is 1. The van der Waals surface area contributed by atoms with Gasteiger partial charge in [0.1, 0.15) is 11.3 Å². The summed E-state index contributed by atoms with van der Waals surface area (Å²) >= 11 is 3.21. The summed E-state index contributed by atoms with van der Waals surface area (Å²) in [6, 6.07) is 2.82. The van der Waals surface area contributed by atoms with Crippen LogP contribution < -0.4 is 5.32 Å². The van der Waals surface area contributed by atoms with E-state index in [1.807, 2.05) is 13.0 Å². The molecule has 3 rings (SSSR count). The summed E-state index contributed by atoms with van der Waals surface area (Å²) < 4.78 is 28.0. The van der Waals surface area contributed by atoms with Gasteiger partial charge in [0.15, 0.2) is 5.82 Å². The summed E-state index contributed by atoms with van der Waals surface area (Å²) in [4.78, 5) is 4.40. The second kappa shape index (κ2) is 5.28. The van der Waals surface area contributed by atoms with Crippen LogP contribution >= 0.6 is 15.9 Å². The second-order valence-electron chi connectivity index (χ2n) is 5.17. The molecule has 1 aliphatic rings. The van der Waals surface area contributed by atoms with E-state index in [0.29, 0.717) is 11.3 Å². The zero-order valence-electron chi connectivity index (χ0n) is 11.1. The molecule has 1 N–H and O–H groups in total. The molecular weight excluding hydrogens is 326 g/mol. The maximum absolute atomic E-state index is 14.0. The first-order valence-corrected chi connectivity index (χ1v) is 7.63. The summed E-state index contributed by atoms with van der Waals surface area (Å²) in [5.74, 6) is -0.789. The van der Waals surface area contributed by atoms with Crippen LogP contribution in [-0.2, 0) is 0 Å². The summed E-state index contributed by atoms with van der Waals surface area (Å²) in [6.45, 7) is 2.81. The predicted octanol–water partition coefficient (Wildman–Crippen LogP) is 4.97. The van der Waals surface area contributed by atoms with Crippen LogP contribution in [-0.4, -0.2) is 11.5 Å². The van der Waals surface area contributed by atoms with Crippen LogP contribution in [0.15, 0.2) is 16.6 Å². The van der Waals surface area contributed by atoms with Crippen LogP contribution in [0.2, 0.25) is 0 Å². The number of anilines is 1. The van der Waals surface area contributed by atoms with Gasteiger partial charge in [-0.15, -0.1) is 0 Å². The molecular formula is C15H15BrF2N2. The Morgan fingerprint density at radius 3 is 2.70 bits per heavy atom. The maximum atomic E-state index is 14.0. The molecule has 2 aromatic rings. The Morgan fingerprint density at radius 1 is 1.30 bits per heavy atom. The number of fused-ring (bicyclic) bond motifs is 1. The first-order chi connectivity index (χ1) is 9.61. The van der Waals surface area contributed by atoms with Gasteiger partial charge in [-0.2, -0.15) is 0 Å². The van der Waals surface area contributed by atoms with Crippen molar-refractivity contribution < 1.29 is 8.78 Å². The molecule has 0 radical (unpaired) electrons. The van der Waals surface area contributed by atoms with Crippen LogP contribution in [0, 0.1) is 11.6 Å². The minimum atomic E-state index is -0.609. The molecule has 2 nitrogen and oxygen atoms in total. The average molecular weight is 341 g/mol. The Labute approximate surface area is 124 Å². The van der Waals surface area contributed by atoms with E-state index in [0.717, 1.165) is 43.3 Å². The molecule has 20 heavy (non-hydrogen) atoms. The Morgan fingerprint density at radius 2 is 2.05 bits per heavy atom. The minimum absolute atomic E-state index is 0.237. The number of aromatic nitrogens is 1. The molecule has 1 fully saturated rings. The average Bonchev–Trinajstić information content (AvgIpc) is 3.26. The second-order valence-corrected chi connectivity index (χ2v) is 5.97. The van der Waals surface area contributed by atoms with Crippen molar-refractivity contribution >= 4 is 32.5 Å². The molecule has 0 unspecified atom stereocenters. The smallest absolute Gasteiger partial charge is 0.152 e. The van der Waals surface area contributed by atoms with E-state index in [2.05, 4.69) is 26.2 Å². The van der Waals surface area contributed by atoms with E-state index in [1.165, 1.54) is 0 Å². The van der Waals surface area contributed by atoms with Gasteiger partial charge >= 0.3 is 0 Å². The largest absolute Gasteiger partial charge is 0.384 e. The van der Waals surface area contributed by atoms with Crippen LogP contribution in [0.25, 0.3) is 10.9 Å². The number of nitrogens with zero attached hydrogens (tertiary/aromatic N) is 1. The normalized spacial score (nSPS) is 14.8. The quantitative estimate of drug-likeness (QED) is 0.794. The maximum Gasteiger partial charge on any atom is 0.152 e. The Kier molecular flexibility index (Phi) is 3.63. The van der Waals surface area contributed by atoms with Gasteiger partial charge in [-0.25, -0.2) is 13.8 Å². The SMILES string of the molecule is CCCNc1cc(C2CC2)nc2c(F)cc(F)c(Br)c12. The molecule has 0 amide bonds. The van der Waals surface area contributed by atoms with Gasteiger partial charge in [0.05, 0.1) is 4.47 Å². The number of hydrogen-bond donors (Lipinski definition) is 1. The van der Waals surface area contributed by atoms with E-state index in [4.69, 9.17) is 0 Å². The van der Waals surface area contributed by atoms with E-state index in [-0.39, 0.29) is 9.99 Å². The van der Waals surface area contributed by atoms with Crippen molar-refractivity contribution in [3.8, 4) is 0 Å². The number of halogens is 3. The van der Waals surface area contributed by atoms with Gasteiger partial charge in [0.2, 0.25) is 0 Å². The molecule has 0 saturated heterocycles. The van der Waals surface area contributed by atoms with Gasteiger partial charge < -0.3 is 5.32 Å². The van der Waals surface area contributed by atoms with Crippen molar-refractivity contribution in [3.05, 3.63) is 33.9 Å². The lowest BCUT2D eigenvalue weighted by Crippen LogP contribution is -2.04. The third kappa shape index (κ3) is 2.39. The van der Waals surface area contributed by atoms with E-state index in [9.17, 15) is 8.78 Å². The van der Waals surface area contributed by atoms with Crippen LogP contribution in [0.3, 0.4) is 0 Å². The van der Waals surface area contributed by atoms with Crippen molar-refractivity contribution in [1.29, 1.82) is 0 Å². The van der Waals surface area contributed by atoms with Crippen LogP contribution in [0.4, 0.5) is 14.5 Å². The molecule has 0 aliphatic heterocycles. The van der Waals surface area contributed by atoms with Crippen LogP contribution in [0.1, 0.15) is 37.8 Å². The van der Waals surface area contributed by atoms with Crippen molar-refractivity contribution in [2.24, 2.45) is 0 Å². The molecule has 0 atom stereocenters. The van der Waals surface area contributed by atoms with Crippen molar-refractivity contribution in [2.75, 3.05) is 11.9 Å². The minimum Gasteiger partial charge on any atom is -0.384 e. The van der Waals surface area contributed by atoms with Crippen LogP contribution in [0.5, 0.6) is 0 Å². The number of pyridine rings is 1. The first kappa shape index (κ1) is 13.7. The monoisotopic (exact) mass is 340 g/mol. The molecule has 0 spiro atoms. The molecule has 1 heterocycles. The molecule has 106 valence electrons. The summed E-state index contributed by atoms with van der Waals surface area (Å²) in [6.07, 6.45) is 3.13. The van der Waals surface area contributed by atoms with E-state index < -0.39 is 11.6 Å². The third-order valence-electron chi connectivity index (χ3n) is 3.51. The zero-order valence-corrected chi connectivity index (χ0v) is 12.7. The van der Waals surface area contributed by atoms with Crippen molar-refractivity contribution in [2.45, 2.75) is 32.1 Å². The summed E-state index contributed by atoms with van der Waals surface area (Å²) in [5, 5.41) is 3.74. The number of rotatable bonds is 4. The highest BCUT2D eigenvalue weighted by molar-refractivity contribution is 9.10. The van der Waals surface area contributed by atoms with E-state index in [1.54, 1.807) is 0 Å². The lowest BCUT2D eigenvalue weighted by molar-refractivity contribution is 0.586. The fraction of sp³-hybridized carbons (Fsp3) is 0.400. The summed E-state index contributed by atoms with van der Waals surface area (Å²) in [5.41, 5.74) is 1.89. The highest BCUT2D eigenvalue weighted by Crippen LogP contribution is 2.42. The first-order valence-electron chi connectivity index (χ1n) is 6.83. The van der Waals surface area contributed by atoms with E-state index >= 15 is 0 Å².